The van der Waals surface area contributed by atoms with E-state index in [9.17, 15) is 9.90 Å². The number of aliphatic hydroxyl groups excluding tert-OH is 1. The quantitative estimate of drug-likeness (QED) is 0.506. The molecule has 0 radical (unpaired) electrons. The Labute approximate surface area is 208 Å². The van der Waals surface area contributed by atoms with Crippen LogP contribution in [0.3, 0.4) is 0 Å². The summed E-state index contributed by atoms with van der Waals surface area (Å²) in [6.45, 7) is 8.67. The van der Waals surface area contributed by atoms with Gasteiger partial charge in [-0.3, -0.25) is 9.69 Å². The standard InChI is InChI=1S/C27H39N3O5/c1-19-7-6-8-20(2)26(19)28-25(32)18-30-13-11-29(12-14-30)10-9-22(31)15-21-16-23(33-3)27(35-5)24(17-21)34-4/h6-8,16-17,22,31H,9-15,18H2,1-5H3,(H,28,32). The van der Waals surface area contributed by atoms with Crippen molar-refractivity contribution >= 4 is 11.6 Å². The van der Waals surface area contributed by atoms with Crippen LogP contribution in [0.1, 0.15) is 23.1 Å². The molecule has 1 fully saturated rings. The molecule has 2 aromatic carbocycles. The van der Waals surface area contributed by atoms with Crippen molar-refractivity contribution in [3.63, 3.8) is 0 Å². The van der Waals surface area contributed by atoms with Gasteiger partial charge < -0.3 is 29.5 Å². The van der Waals surface area contributed by atoms with E-state index in [1.54, 1.807) is 21.3 Å². The van der Waals surface area contributed by atoms with Gasteiger partial charge in [-0.15, -0.1) is 0 Å². The number of anilines is 1. The first-order valence-corrected chi connectivity index (χ1v) is 12.1. The molecule has 1 saturated heterocycles. The van der Waals surface area contributed by atoms with E-state index < -0.39 is 6.10 Å². The van der Waals surface area contributed by atoms with Gasteiger partial charge in [0.1, 0.15) is 0 Å². The van der Waals surface area contributed by atoms with Crippen molar-refractivity contribution in [1.29, 1.82) is 0 Å². The molecule has 2 N–H and O–H groups in total. The summed E-state index contributed by atoms with van der Waals surface area (Å²) in [5.74, 6) is 1.75. The van der Waals surface area contributed by atoms with Crippen molar-refractivity contribution in [2.75, 3.05) is 65.9 Å². The van der Waals surface area contributed by atoms with Crippen LogP contribution in [0, 0.1) is 13.8 Å². The van der Waals surface area contributed by atoms with Gasteiger partial charge in [0.25, 0.3) is 0 Å². The fourth-order valence-electron chi connectivity index (χ4n) is 4.52. The molecule has 192 valence electrons. The number of benzene rings is 2. The zero-order valence-corrected chi connectivity index (χ0v) is 21.6. The minimum absolute atomic E-state index is 0.0246. The van der Waals surface area contributed by atoms with Crippen molar-refractivity contribution in [3.8, 4) is 17.2 Å². The molecular formula is C27H39N3O5. The zero-order valence-electron chi connectivity index (χ0n) is 21.6. The van der Waals surface area contributed by atoms with Crippen molar-refractivity contribution < 1.29 is 24.1 Å². The number of rotatable bonds is 11. The van der Waals surface area contributed by atoms with Crippen LogP contribution in [-0.2, 0) is 11.2 Å². The average molecular weight is 486 g/mol. The monoisotopic (exact) mass is 485 g/mol. The Kier molecular flexibility index (Phi) is 9.77. The first-order chi connectivity index (χ1) is 16.8. The summed E-state index contributed by atoms with van der Waals surface area (Å²) in [6.07, 6.45) is 0.706. The lowest BCUT2D eigenvalue weighted by Gasteiger charge is -2.34. The minimum Gasteiger partial charge on any atom is -0.493 e. The van der Waals surface area contributed by atoms with Gasteiger partial charge in [-0.25, -0.2) is 0 Å². The lowest BCUT2D eigenvalue weighted by atomic mass is 10.0. The molecule has 35 heavy (non-hydrogen) atoms. The number of aryl methyl sites for hydroxylation is 2. The molecule has 3 rings (SSSR count). The first-order valence-electron chi connectivity index (χ1n) is 12.1. The molecule has 1 amide bonds. The topological polar surface area (TPSA) is 83.5 Å². The maximum atomic E-state index is 12.6. The molecule has 1 heterocycles. The summed E-state index contributed by atoms with van der Waals surface area (Å²) in [4.78, 5) is 17.1. The van der Waals surface area contributed by atoms with E-state index in [0.717, 1.165) is 55.1 Å². The van der Waals surface area contributed by atoms with Gasteiger partial charge in [-0.2, -0.15) is 0 Å². The average Bonchev–Trinajstić information content (AvgIpc) is 2.85. The maximum absolute atomic E-state index is 12.6. The molecule has 1 atom stereocenters. The van der Waals surface area contributed by atoms with E-state index in [0.29, 0.717) is 36.6 Å². The van der Waals surface area contributed by atoms with Crippen LogP contribution in [0.15, 0.2) is 30.3 Å². The van der Waals surface area contributed by atoms with E-state index >= 15 is 0 Å². The van der Waals surface area contributed by atoms with Crippen molar-refractivity contribution in [1.82, 2.24) is 9.80 Å². The number of hydrogen-bond donors (Lipinski definition) is 2. The van der Waals surface area contributed by atoms with Crippen LogP contribution in [-0.4, -0.2) is 87.5 Å². The second-order valence-electron chi connectivity index (χ2n) is 9.11. The molecule has 0 aromatic heterocycles. The number of piperazine rings is 1. The highest BCUT2D eigenvalue weighted by Crippen LogP contribution is 2.38. The van der Waals surface area contributed by atoms with E-state index in [2.05, 4.69) is 15.1 Å². The third-order valence-electron chi connectivity index (χ3n) is 6.55. The number of carbonyl (C=O) groups is 1. The highest BCUT2D eigenvalue weighted by Gasteiger charge is 2.21. The Morgan fingerprint density at radius 1 is 0.971 bits per heavy atom. The molecule has 0 spiro atoms. The number of nitrogens with one attached hydrogen (secondary N) is 1. The Balaban J connectivity index is 1.42. The van der Waals surface area contributed by atoms with Crippen molar-refractivity contribution in [2.24, 2.45) is 0 Å². The fraction of sp³-hybridized carbons (Fsp3) is 0.519. The lowest BCUT2D eigenvalue weighted by Crippen LogP contribution is -2.49. The van der Waals surface area contributed by atoms with Gasteiger partial charge in [-0.1, -0.05) is 18.2 Å². The molecule has 8 nitrogen and oxygen atoms in total. The number of nitrogens with zero attached hydrogens (tertiary/aromatic N) is 2. The number of aliphatic hydroxyl groups is 1. The molecule has 1 aliphatic rings. The summed E-state index contributed by atoms with van der Waals surface area (Å²) in [5, 5.41) is 13.7. The van der Waals surface area contributed by atoms with Gasteiger partial charge >= 0.3 is 0 Å². The molecule has 1 unspecified atom stereocenters. The van der Waals surface area contributed by atoms with Gasteiger partial charge in [0.15, 0.2) is 11.5 Å². The summed E-state index contributed by atoms with van der Waals surface area (Å²) in [6, 6.07) is 9.79. The van der Waals surface area contributed by atoms with E-state index in [1.807, 2.05) is 44.2 Å². The largest absolute Gasteiger partial charge is 0.493 e. The number of carbonyl (C=O) groups excluding carboxylic acids is 1. The van der Waals surface area contributed by atoms with Gasteiger partial charge in [0.05, 0.1) is 34.0 Å². The molecule has 1 aliphatic heterocycles. The number of para-hydroxylation sites is 1. The van der Waals surface area contributed by atoms with Crippen LogP contribution in [0.5, 0.6) is 17.2 Å². The normalized spacial score (nSPS) is 15.5. The summed E-state index contributed by atoms with van der Waals surface area (Å²) >= 11 is 0. The van der Waals surface area contributed by atoms with E-state index in [-0.39, 0.29) is 5.91 Å². The molecular weight excluding hydrogens is 446 g/mol. The van der Waals surface area contributed by atoms with Crippen LogP contribution < -0.4 is 19.5 Å². The fourth-order valence-corrected chi connectivity index (χ4v) is 4.52. The summed E-state index contributed by atoms with van der Waals surface area (Å²) in [7, 11) is 4.75. The first kappa shape index (κ1) is 26.8. The molecule has 8 heteroatoms. The van der Waals surface area contributed by atoms with Gasteiger partial charge in [-0.05, 0) is 55.5 Å². The van der Waals surface area contributed by atoms with Crippen LogP contribution >= 0.6 is 0 Å². The highest BCUT2D eigenvalue weighted by molar-refractivity contribution is 5.93. The molecule has 0 saturated carbocycles. The van der Waals surface area contributed by atoms with E-state index in [1.165, 1.54) is 0 Å². The number of ether oxygens (including phenoxy) is 3. The third kappa shape index (κ3) is 7.34. The van der Waals surface area contributed by atoms with Crippen LogP contribution in [0.4, 0.5) is 5.69 Å². The Bertz CT molecular complexity index is 944. The third-order valence-corrected chi connectivity index (χ3v) is 6.55. The number of amides is 1. The second kappa shape index (κ2) is 12.8. The summed E-state index contributed by atoms with van der Waals surface area (Å²) < 4.78 is 16.2. The number of methoxy groups -OCH3 is 3. The highest BCUT2D eigenvalue weighted by atomic mass is 16.5. The second-order valence-corrected chi connectivity index (χ2v) is 9.11. The van der Waals surface area contributed by atoms with Crippen LogP contribution in [0.25, 0.3) is 0 Å². The van der Waals surface area contributed by atoms with Crippen molar-refractivity contribution in [2.45, 2.75) is 32.8 Å². The van der Waals surface area contributed by atoms with Gasteiger partial charge in [0.2, 0.25) is 11.7 Å². The Morgan fingerprint density at radius 3 is 2.09 bits per heavy atom. The Morgan fingerprint density at radius 2 is 1.54 bits per heavy atom. The lowest BCUT2D eigenvalue weighted by molar-refractivity contribution is -0.117. The maximum Gasteiger partial charge on any atom is 0.238 e. The van der Waals surface area contributed by atoms with Crippen LogP contribution in [0.2, 0.25) is 0 Å². The smallest absolute Gasteiger partial charge is 0.238 e. The molecule has 0 bridgehead atoms. The predicted molar refractivity (Wildman–Crippen MR) is 138 cm³/mol. The molecule has 0 aliphatic carbocycles. The zero-order chi connectivity index (χ0) is 25.4. The SMILES string of the molecule is COc1cc(CC(O)CCN2CCN(CC(=O)Nc3c(C)cccc3C)CC2)cc(OC)c1OC. The minimum atomic E-state index is -0.473. The van der Waals surface area contributed by atoms with Crippen molar-refractivity contribution in [3.05, 3.63) is 47.0 Å². The van der Waals surface area contributed by atoms with Gasteiger partial charge in [0, 0.05) is 38.4 Å². The van der Waals surface area contributed by atoms with E-state index in [4.69, 9.17) is 14.2 Å². The molecule has 2 aromatic rings. The predicted octanol–water partition coefficient (Wildman–Crippen LogP) is 2.88. The Hall–Kier alpha value is -2.81. The number of hydrogen-bond acceptors (Lipinski definition) is 7. The summed E-state index contributed by atoms with van der Waals surface area (Å²) in [5.41, 5.74) is 4.01.